The monoisotopic (exact) mass is 378 g/mol. The van der Waals surface area contributed by atoms with Gasteiger partial charge in [-0.2, -0.15) is 17.5 Å². The number of halogens is 3. The van der Waals surface area contributed by atoms with Crippen molar-refractivity contribution in [1.82, 2.24) is 9.62 Å². The number of amides is 1. The highest BCUT2D eigenvalue weighted by Crippen LogP contribution is 2.36. The number of alkyl halides is 3. The zero-order valence-corrected chi connectivity index (χ0v) is 14.8. The molecule has 2 atom stereocenters. The molecule has 1 saturated heterocycles. The Morgan fingerprint density at radius 3 is 2.60 bits per heavy atom. The van der Waals surface area contributed by atoms with E-state index in [0.717, 1.165) is 22.5 Å². The van der Waals surface area contributed by atoms with Crippen molar-refractivity contribution in [2.45, 2.75) is 56.3 Å². The number of hydrogen-bond donors (Lipinski definition) is 1. The smallest absolute Gasteiger partial charge is 0.352 e. The third kappa shape index (κ3) is 4.14. The number of rotatable bonds is 5. The molecule has 5 nitrogen and oxygen atoms in total. The zero-order valence-electron chi connectivity index (χ0n) is 14.0. The molecule has 0 bridgehead atoms. The predicted octanol–water partition coefficient (Wildman–Crippen LogP) is 2.77. The molecule has 140 valence electrons. The second-order valence-corrected chi connectivity index (χ2v) is 7.94. The van der Waals surface area contributed by atoms with E-state index in [1.54, 1.807) is 6.92 Å². The summed E-state index contributed by atoms with van der Waals surface area (Å²) >= 11 is 0. The van der Waals surface area contributed by atoms with E-state index in [0.29, 0.717) is 12.8 Å². The van der Waals surface area contributed by atoms with E-state index in [1.807, 2.05) is 6.92 Å². The Morgan fingerprint density at radius 1 is 1.36 bits per heavy atom. The van der Waals surface area contributed by atoms with Gasteiger partial charge in [0, 0.05) is 12.6 Å². The molecule has 1 fully saturated rings. The van der Waals surface area contributed by atoms with Gasteiger partial charge in [0.2, 0.25) is 15.9 Å². The minimum Gasteiger partial charge on any atom is -0.352 e. The molecule has 1 heterocycles. The summed E-state index contributed by atoms with van der Waals surface area (Å²) < 4.78 is 66.1. The number of nitrogens with one attached hydrogen (secondary N) is 1. The summed E-state index contributed by atoms with van der Waals surface area (Å²) in [6.45, 7) is 3.67. The van der Waals surface area contributed by atoms with E-state index < -0.39 is 38.6 Å². The molecule has 1 unspecified atom stereocenters. The summed E-state index contributed by atoms with van der Waals surface area (Å²) in [6.07, 6.45) is -3.42. The maximum absolute atomic E-state index is 13.2. The Kier molecular flexibility index (Phi) is 5.78. The first kappa shape index (κ1) is 19.7. The molecule has 1 aromatic rings. The SMILES string of the molecule is CCC(C)NC(=O)[C@@H]1CCCN1S(=O)(=O)c1ccccc1C(F)(F)F. The lowest BCUT2D eigenvalue weighted by Gasteiger charge is -2.26. The minimum absolute atomic E-state index is 0.0209. The van der Waals surface area contributed by atoms with Crippen molar-refractivity contribution in [3.63, 3.8) is 0 Å². The maximum atomic E-state index is 13.2. The van der Waals surface area contributed by atoms with Crippen LogP contribution in [0.25, 0.3) is 0 Å². The van der Waals surface area contributed by atoms with Gasteiger partial charge in [-0.25, -0.2) is 8.42 Å². The normalized spacial score (nSPS) is 20.4. The quantitative estimate of drug-likeness (QED) is 0.857. The van der Waals surface area contributed by atoms with Crippen LogP contribution in [0.2, 0.25) is 0 Å². The molecule has 1 N–H and O–H groups in total. The molecular formula is C16H21F3N2O3S. The maximum Gasteiger partial charge on any atom is 0.417 e. The highest BCUT2D eigenvalue weighted by atomic mass is 32.2. The summed E-state index contributed by atoms with van der Waals surface area (Å²) in [7, 11) is -4.44. The van der Waals surface area contributed by atoms with Gasteiger partial charge in [-0.05, 0) is 38.3 Å². The lowest BCUT2D eigenvalue weighted by molar-refractivity contribution is -0.139. The summed E-state index contributed by atoms with van der Waals surface area (Å²) in [5.41, 5.74) is -1.22. The zero-order chi connectivity index (χ0) is 18.8. The largest absolute Gasteiger partial charge is 0.417 e. The van der Waals surface area contributed by atoms with Crippen molar-refractivity contribution in [1.29, 1.82) is 0 Å². The molecule has 0 radical (unpaired) electrons. The Balaban J connectivity index is 2.38. The van der Waals surface area contributed by atoms with Gasteiger partial charge in [0.1, 0.15) is 6.04 Å². The molecule has 9 heteroatoms. The highest BCUT2D eigenvalue weighted by Gasteiger charge is 2.44. The Hall–Kier alpha value is -1.61. The first-order chi connectivity index (χ1) is 11.6. The van der Waals surface area contributed by atoms with Gasteiger partial charge in [-0.15, -0.1) is 0 Å². The van der Waals surface area contributed by atoms with Crippen molar-refractivity contribution in [3.05, 3.63) is 29.8 Å². The van der Waals surface area contributed by atoms with Gasteiger partial charge in [0.25, 0.3) is 0 Å². The number of carbonyl (C=O) groups is 1. The molecule has 1 amide bonds. The van der Waals surface area contributed by atoms with Gasteiger partial charge in [-0.3, -0.25) is 4.79 Å². The van der Waals surface area contributed by atoms with Crippen LogP contribution in [0.4, 0.5) is 13.2 Å². The lowest BCUT2D eigenvalue weighted by Crippen LogP contribution is -2.48. The third-order valence-electron chi connectivity index (χ3n) is 4.29. The average Bonchev–Trinajstić information content (AvgIpc) is 3.04. The lowest BCUT2D eigenvalue weighted by atomic mass is 10.2. The third-order valence-corrected chi connectivity index (χ3v) is 6.25. The van der Waals surface area contributed by atoms with Crippen molar-refractivity contribution in [3.8, 4) is 0 Å². The van der Waals surface area contributed by atoms with Gasteiger partial charge in [0.05, 0.1) is 10.5 Å². The van der Waals surface area contributed by atoms with Crippen molar-refractivity contribution < 1.29 is 26.4 Å². The number of carbonyl (C=O) groups excluding carboxylic acids is 1. The molecule has 1 aliphatic heterocycles. The van der Waals surface area contributed by atoms with Crippen LogP contribution in [0, 0.1) is 0 Å². The average molecular weight is 378 g/mol. The van der Waals surface area contributed by atoms with Crippen molar-refractivity contribution in [2.24, 2.45) is 0 Å². The van der Waals surface area contributed by atoms with E-state index >= 15 is 0 Å². The summed E-state index contributed by atoms with van der Waals surface area (Å²) in [5, 5.41) is 2.70. The van der Waals surface area contributed by atoms with E-state index in [-0.39, 0.29) is 19.0 Å². The van der Waals surface area contributed by atoms with E-state index in [4.69, 9.17) is 0 Å². The standard InChI is InChI=1S/C16H21F3N2O3S/c1-3-11(2)20-15(22)13-8-6-10-21(13)25(23,24)14-9-5-4-7-12(14)16(17,18)19/h4-5,7,9,11,13H,3,6,8,10H2,1-2H3,(H,20,22)/t11?,13-/m0/s1. The fraction of sp³-hybridized carbons (Fsp3) is 0.562. The Labute approximate surface area is 145 Å². The van der Waals surface area contributed by atoms with Crippen LogP contribution in [0.15, 0.2) is 29.2 Å². The van der Waals surface area contributed by atoms with E-state index in [9.17, 15) is 26.4 Å². The first-order valence-electron chi connectivity index (χ1n) is 8.07. The van der Waals surface area contributed by atoms with Crippen LogP contribution in [-0.4, -0.2) is 37.3 Å². The summed E-state index contributed by atoms with van der Waals surface area (Å²) in [6, 6.07) is 2.92. The number of benzene rings is 1. The van der Waals surface area contributed by atoms with Crippen molar-refractivity contribution >= 4 is 15.9 Å². The van der Waals surface area contributed by atoms with Crippen LogP contribution in [0.1, 0.15) is 38.7 Å². The molecule has 1 aliphatic rings. The topological polar surface area (TPSA) is 66.5 Å². The second-order valence-electron chi connectivity index (χ2n) is 6.09. The molecule has 0 saturated carbocycles. The predicted molar refractivity (Wildman–Crippen MR) is 86.3 cm³/mol. The van der Waals surface area contributed by atoms with Crippen molar-refractivity contribution in [2.75, 3.05) is 6.54 Å². The first-order valence-corrected chi connectivity index (χ1v) is 9.51. The minimum atomic E-state index is -4.79. The summed E-state index contributed by atoms with van der Waals surface area (Å²) in [5.74, 6) is -0.472. The molecule has 2 rings (SSSR count). The van der Waals surface area contributed by atoms with Crippen LogP contribution in [0.3, 0.4) is 0 Å². The van der Waals surface area contributed by atoms with Crippen LogP contribution < -0.4 is 5.32 Å². The van der Waals surface area contributed by atoms with Gasteiger partial charge in [0.15, 0.2) is 0 Å². The van der Waals surface area contributed by atoms with Gasteiger partial charge < -0.3 is 5.32 Å². The molecule has 0 aromatic heterocycles. The van der Waals surface area contributed by atoms with Crippen LogP contribution >= 0.6 is 0 Å². The van der Waals surface area contributed by atoms with Crippen LogP contribution in [0.5, 0.6) is 0 Å². The Morgan fingerprint density at radius 2 is 2.00 bits per heavy atom. The van der Waals surface area contributed by atoms with E-state index in [2.05, 4.69) is 5.32 Å². The highest BCUT2D eigenvalue weighted by molar-refractivity contribution is 7.89. The summed E-state index contributed by atoms with van der Waals surface area (Å²) in [4.78, 5) is 11.5. The molecule has 1 aromatic carbocycles. The van der Waals surface area contributed by atoms with Crippen LogP contribution in [-0.2, 0) is 21.0 Å². The fourth-order valence-corrected chi connectivity index (χ4v) is 4.65. The number of sulfonamides is 1. The Bertz CT molecular complexity index is 734. The number of nitrogens with zero attached hydrogens (tertiary/aromatic N) is 1. The van der Waals surface area contributed by atoms with Gasteiger partial charge in [-0.1, -0.05) is 19.1 Å². The van der Waals surface area contributed by atoms with Gasteiger partial charge >= 0.3 is 6.18 Å². The molecule has 0 spiro atoms. The second kappa shape index (κ2) is 7.33. The molecule has 0 aliphatic carbocycles. The molecule has 25 heavy (non-hydrogen) atoms. The van der Waals surface area contributed by atoms with E-state index in [1.165, 1.54) is 6.07 Å². The number of hydrogen-bond acceptors (Lipinski definition) is 3. The molecular weight excluding hydrogens is 357 g/mol. The fourth-order valence-electron chi connectivity index (χ4n) is 2.78.